The van der Waals surface area contributed by atoms with E-state index in [1.54, 1.807) is 19.5 Å². The number of nitrogens with zero attached hydrogens (tertiary/aromatic N) is 1. The Hall–Kier alpha value is -2.44. The molecule has 1 aromatic carbocycles. The summed E-state index contributed by atoms with van der Waals surface area (Å²) in [5.41, 5.74) is 1.94. The molecule has 150 valence electrons. The summed E-state index contributed by atoms with van der Waals surface area (Å²) in [5, 5.41) is 9.91. The summed E-state index contributed by atoms with van der Waals surface area (Å²) in [6, 6.07) is 11.1. The largest absolute Gasteiger partial charge is 0.497 e. The number of ether oxygens (including phenoxy) is 1. The molecule has 6 nitrogen and oxygen atoms in total. The standard InChI is InChI=1S/C22H30N4O2/c1-28-20-4-2-3-19(15-20)21(25-14-9-17-5-10-23-11-6-17)22(27)26-16-18-7-12-24-13-8-18/h2-4,7-8,12-13,15,17,21,23,25H,5-6,9-11,14,16H2,1H3,(H,26,27). The third-order valence-corrected chi connectivity index (χ3v) is 5.27. The van der Waals surface area contributed by atoms with Crippen LogP contribution in [0.3, 0.4) is 0 Å². The number of carbonyl (C=O) groups is 1. The molecule has 1 amide bonds. The van der Waals surface area contributed by atoms with Crippen LogP contribution in [0.5, 0.6) is 5.75 Å². The van der Waals surface area contributed by atoms with Crippen molar-refractivity contribution in [1.82, 2.24) is 20.9 Å². The molecular formula is C22H30N4O2. The number of piperidine rings is 1. The Labute approximate surface area is 167 Å². The summed E-state index contributed by atoms with van der Waals surface area (Å²) in [5.74, 6) is 1.44. The van der Waals surface area contributed by atoms with Crippen LogP contribution in [0.15, 0.2) is 48.8 Å². The van der Waals surface area contributed by atoms with Crippen LogP contribution in [0.25, 0.3) is 0 Å². The number of pyridine rings is 1. The van der Waals surface area contributed by atoms with Crippen molar-refractivity contribution in [3.63, 3.8) is 0 Å². The Morgan fingerprint density at radius 1 is 1.25 bits per heavy atom. The number of methoxy groups -OCH3 is 1. The van der Waals surface area contributed by atoms with E-state index in [9.17, 15) is 4.79 Å². The van der Waals surface area contributed by atoms with Gasteiger partial charge in [0, 0.05) is 18.9 Å². The van der Waals surface area contributed by atoms with Crippen LogP contribution in [-0.4, -0.2) is 37.6 Å². The van der Waals surface area contributed by atoms with Crippen molar-refractivity contribution in [3.05, 3.63) is 59.9 Å². The topological polar surface area (TPSA) is 75.3 Å². The second-order valence-corrected chi connectivity index (χ2v) is 7.22. The number of rotatable bonds is 9. The molecule has 1 saturated heterocycles. The first-order valence-electron chi connectivity index (χ1n) is 10.0. The first-order valence-corrected chi connectivity index (χ1v) is 10.0. The average molecular weight is 383 g/mol. The predicted molar refractivity (Wildman–Crippen MR) is 110 cm³/mol. The highest BCUT2D eigenvalue weighted by Gasteiger charge is 2.21. The Morgan fingerprint density at radius 2 is 2.04 bits per heavy atom. The highest BCUT2D eigenvalue weighted by Crippen LogP contribution is 2.21. The van der Waals surface area contributed by atoms with E-state index < -0.39 is 6.04 Å². The number of nitrogens with one attached hydrogen (secondary N) is 3. The molecule has 2 heterocycles. The van der Waals surface area contributed by atoms with Gasteiger partial charge in [-0.05, 0) is 80.2 Å². The highest BCUT2D eigenvalue weighted by molar-refractivity contribution is 5.83. The van der Waals surface area contributed by atoms with Crippen molar-refractivity contribution in [2.24, 2.45) is 5.92 Å². The van der Waals surface area contributed by atoms with E-state index >= 15 is 0 Å². The quantitative estimate of drug-likeness (QED) is 0.621. The van der Waals surface area contributed by atoms with Gasteiger partial charge in [-0.3, -0.25) is 9.78 Å². The van der Waals surface area contributed by atoms with Gasteiger partial charge in [-0.25, -0.2) is 0 Å². The van der Waals surface area contributed by atoms with Gasteiger partial charge in [0.25, 0.3) is 0 Å². The fourth-order valence-electron chi connectivity index (χ4n) is 3.58. The molecule has 1 aliphatic heterocycles. The fourth-order valence-corrected chi connectivity index (χ4v) is 3.58. The number of aromatic nitrogens is 1. The number of hydrogen-bond acceptors (Lipinski definition) is 5. The van der Waals surface area contributed by atoms with Gasteiger partial charge < -0.3 is 20.7 Å². The molecule has 0 saturated carbocycles. The minimum atomic E-state index is -0.404. The first-order chi connectivity index (χ1) is 13.8. The SMILES string of the molecule is COc1cccc(C(NCCC2CCNCC2)C(=O)NCc2ccncc2)c1. The molecule has 6 heteroatoms. The number of hydrogen-bond donors (Lipinski definition) is 3. The molecule has 2 aromatic rings. The van der Waals surface area contributed by atoms with Gasteiger partial charge in [0.05, 0.1) is 7.11 Å². The zero-order valence-corrected chi connectivity index (χ0v) is 16.5. The molecule has 1 fully saturated rings. The van der Waals surface area contributed by atoms with Crippen molar-refractivity contribution in [2.45, 2.75) is 31.8 Å². The van der Waals surface area contributed by atoms with Crippen LogP contribution < -0.4 is 20.7 Å². The van der Waals surface area contributed by atoms with Gasteiger partial charge in [0.15, 0.2) is 0 Å². The lowest BCUT2D eigenvalue weighted by molar-refractivity contribution is -0.123. The minimum Gasteiger partial charge on any atom is -0.497 e. The molecule has 1 aliphatic rings. The molecule has 1 aromatic heterocycles. The van der Waals surface area contributed by atoms with E-state index in [4.69, 9.17) is 4.74 Å². The normalized spacial score (nSPS) is 15.8. The molecule has 1 unspecified atom stereocenters. The molecule has 3 rings (SSSR count). The van der Waals surface area contributed by atoms with Gasteiger partial charge in [-0.2, -0.15) is 0 Å². The second kappa shape index (κ2) is 10.8. The van der Waals surface area contributed by atoms with Crippen LogP contribution in [-0.2, 0) is 11.3 Å². The smallest absolute Gasteiger partial charge is 0.242 e. The summed E-state index contributed by atoms with van der Waals surface area (Å²) >= 11 is 0. The Kier molecular flexibility index (Phi) is 7.82. The molecule has 1 atom stereocenters. The van der Waals surface area contributed by atoms with Crippen molar-refractivity contribution < 1.29 is 9.53 Å². The molecule has 28 heavy (non-hydrogen) atoms. The molecule has 0 spiro atoms. The molecule has 0 aliphatic carbocycles. The maximum absolute atomic E-state index is 13.0. The monoisotopic (exact) mass is 382 g/mol. The van der Waals surface area contributed by atoms with Crippen LogP contribution in [0, 0.1) is 5.92 Å². The van der Waals surface area contributed by atoms with Crippen LogP contribution >= 0.6 is 0 Å². The van der Waals surface area contributed by atoms with E-state index in [0.29, 0.717) is 6.54 Å². The summed E-state index contributed by atoms with van der Waals surface area (Å²) in [4.78, 5) is 17.0. The molecule has 3 N–H and O–H groups in total. The summed E-state index contributed by atoms with van der Waals surface area (Å²) < 4.78 is 5.34. The zero-order chi connectivity index (χ0) is 19.6. The average Bonchev–Trinajstić information content (AvgIpc) is 2.76. The summed E-state index contributed by atoms with van der Waals surface area (Å²) in [7, 11) is 1.64. The van der Waals surface area contributed by atoms with Crippen molar-refractivity contribution in [1.29, 1.82) is 0 Å². The fraction of sp³-hybridized carbons (Fsp3) is 0.455. The molecule has 0 radical (unpaired) electrons. The van der Waals surface area contributed by atoms with E-state index in [-0.39, 0.29) is 5.91 Å². The van der Waals surface area contributed by atoms with Gasteiger partial charge >= 0.3 is 0 Å². The minimum absolute atomic E-state index is 0.0321. The van der Waals surface area contributed by atoms with Crippen LogP contribution in [0.2, 0.25) is 0 Å². The molecular weight excluding hydrogens is 352 g/mol. The summed E-state index contributed by atoms with van der Waals surface area (Å²) in [6.45, 7) is 3.49. The highest BCUT2D eigenvalue weighted by atomic mass is 16.5. The van der Waals surface area contributed by atoms with Gasteiger partial charge in [0.2, 0.25) is 5.91 Å². The van der Waals surface area contributed by atoms with Gasteiger partial charge in [-0.15, -0.1) is 0 Å². The van der Waals surface area contributed by atoms with E-state index in [1.807, 2.05) is 36.4 Å². The Morgan fingerprint density at radius 3 is 2.79 bits per heavy atom. The van der Waals surface area contributed by atoms with E-state index in [0.717, 1.165) is 48.8 Å². The third kappa shape index (κ3) is 6.04. The Bertz CT molecular complexity index is 732. The first kappa shape index (κ1) is 20.3. The zero-order valence-electron chi connectivity index (χ0n) is 16.5. The number of benzene rings is 1. The second-order valence-electron chi connectivity index (χ2n) is 7.22. The van der Waals surface area contributed by atoms with Crippen molar-refractivity contribution >= 4 is 5.91 Å². The van der Waals surface area contributed by atoms with Crippen molar-refractivity contribution in [2.75, 3.05) is 26.7 Å². The maximum atomic E-state index is 13.0. The summed E-state index contributed by atoms with van der Waals surface area (Å²) in [6.07, 6.45) is 6.97. The van der Waals surface area contributed by atoms with Gasteiger partial charge in [-0.1, -0.05) is 12.1 Å². The number of amides is 1. The lowest BCUT2D eigenvalue weighted by Crippen LogP contribution is -2.38. The number of carbonyl (C=O) groups excluding carboxylic acids is 1. The third-order valence-electron chi connectivity index (χ3n) is 5.27. The van der Waals surface area contributed by atoms with Crippen molar-refractivity contribution in [3.8, 4) is 5.75 Å². The van der Waals surface area contributed by atoms with Crippen LogP contribution in [0.1, 0.15) is 36.4 Å². The predicted octanol–water partition coefficient (Wildman–Crippen LogP) is 2.43. The Balaban J connectivity index is 1.63. The lowest BCUT2D eigenvalue weighted by atomic mass is 9.94. The lowest BCUT2D eigenvalue weighted by Gasteiger charge is -2.24. The van der Waals surface area contributed by atoms with Gasteiger partial charge in [0.1, 0.15) is 11.8 Å². The van der Waals surface area contributed by atoms with Crippen LogP contribution in [0.4, 0.5) is 0 Å². The maximum Gasteiger partial charge on any atom is 0.242 e. The molecule has 0 bridgehead atoms. The van der Waals surface area contributed by atoms with E-state index in [2.05, 4.69) is 20.9 Å². The van der Waals surface area contributed by atoms with E-state index in [1.165, 1.54) is 12.8 Å².